The SMILES string of the molecule is NC(=O)c1ccc(F)c(NC(=O)[C@@H]2CCCN(C(=O)C3CC3)C2)c1. The van der Waals surface area contributed by atoms with E-state index in [0.717, 1.165) is 25.3 Å². The third-order valence-corrected chi connectivity index (χ3v) is 4.54. The van der Waals surface area contributed by atoms with Gasteiger partial charge in [-0.2, -0.15) is 0 Å². The van der Waals surface area contributed by atoms with Crippen molar-refractivity contribution < 1.29 is 18.8 Å². The number of anilines is 1. The molecule has 2 fully saturated rings. The van der Waals surface area contributed by atoms with Crippen LogP contribution >= 0.6 is 0 Å². The van der Waals surface area contributed by atoms with Gasteiger partial charge in [0.25, 0.3) is 0 Å². The second-order valence-corrected chi connectivity index (χ2v) is 6.45. The molecule has 0 radical (unpaired) electrons. The van der Waals surface area contributed by atoms with Crippen molar-refractivity contribution in [3.63, 3.8) is 0 Å². The lowest BCUT2D eigenvalue weighted by molar-refractivity contribution is -0.135. The molecular formula is C17H20FN3O3. The molecule has 3 N–H and O–H groups in total. The summed E-state index contributed by atoms with van der Waals surface area (Å²) < 4.78 is 13.8. The zero-order valence-corrected chi connectivity index (χ0v) is 13.3. The van der Waals surface area contributed by atoms with Gasteiger partial charge in [-0.05, 0) is 43.9 Å². The fourth-order valence-corrected chi connectivity index (χ4v) is 2.99. The Morgan fingerprint density at radius 1 is 1.17 bits per heavy atom. The highest BCUT2D eigenvalue weighted by molar-refractivity contribution is 5.97. The van der Waals surface area contributed by atoms with Crippen molar-refractivity contribution >= 4 is 23.4 Å². The predicted octanol–water partition coefficient (Wildman–Crippen LogP) is 1.51. The molecule has 1 atom stereocenters. The van der Waals surface area contributed by atoms with Crippen LogP contribution in [0, 0.1) is 17.7 Å². The number of hydrogen-bond donors (Lipinski definition) is 2. The van der Waals surface area contributed by atoms with Crippen molar-refractivity contribution in [1.29, 1.82) is 0 Å². The highest BCUT2D eigenvalue weighted by Crippen LogP contribution is 2.32. The number of nitrogens with one attached hydrogen (secondary N) is 1. The Labute approximate surface area is 139 Å². The highest BCUT2D eigenvalue weighted by atomic mass is 19.1. The van der Waals surface area contributed by atoms with Gasteiger partial charge in [0, 0.05) is 24.6 Å². The van der Waals surface area contributed by atoms with Gasteiger partial charge in [-0.25, -0.2) is 4.39 Å². The number of hydrogen-bond acceptors (Lipinski definition) is 3. The van der Waals surface area contributed by atoms with E-state index in [9.17, 15) is 18.8 Å². The number of halogens is 1. The van der Waals surface area contributed by atoms with Gasteiger partial charge in [0.2, 0.25) is 17.7 Å². The summed E-state index contributed by atoms with van der Waals surface area (Å²) in [6, 6.07) is 3.59. The van der Waals surface area contributed by atoms with Crippen LogP contribution in [0.5, 0.6) is 0 Å². The molecule has 1 saturated heterocycles. The van der Waals surface area contributed by atoms with E-state index in [2.05, 4.69) is 5.32 Å². The van der Waals surface area contributed by atoms with Crippen LogP contribution < -0.4 is 11.1 Å². The number of amides is 3. The number of nitrogens with zero attached hydrogens (tertiary/aromatic N) is 1. The average Bonchev–Trinajstić information content (AvgIpc) is 3.41. The van der Waals surface area contributed by atoms with Gasteiger partial charge < -0.3 is 16.0 Å². The summed E-state index contributed by atoms with van der Waals surface area (Å²) in [5, 5.41) is 2.52. The molecule has 1 aliphatic carbocycles. The van der Waals surface area contributed by atoms with Gasteiger partial charge >= 0.3 is 0 Å². The lowest BCUT2D eigenvalue weighted by atomic mass is 9.96. The number of likely N-dealkylation sites (tertiary alicyclic amines) is 1. The molecule has 1 aromatic rings. The maximum absolute atomic E-state index is 13.8. The first kappa shape index (κ1) is 16.4. The van der Waals surface area contributed by atoms with E-state index >= 15 is 0 Å². The molecule has 0 spiro atoms. The van der Waals surface area contributed by atoms with Crippen molar-refractivity contribution in [3.05, 3.63) is 29.6 Å². The molecule has 0 unspecified atom stereocenters. The summed E-state index contributed by atoms with van der Waals surface area (Å²) in [5.74, 6) is -1.80. The van der Waals surface area contributed by atoms with E-state index < -0.39 is 11.7 Å². The third kappa shape index (κ3) is 3.55. The van der Waals surface area contributed by atoms with Crippen molar-refractivity contribution in [1.82, 2.24) is 4.90 Å². The molecule has 2 aliphatic rings. The van der Waals surface area contributed by atoms with E-state index in [1.807, 2.05) is 0 Å². The summed E-state index contributed by atoms with van der Waals surface area (Å²) in [7, 11) is 0. The summed E-state index contributed by atoms with van der Waals surface area (Å²) in [6.07, 6.45) is 3.26. The van der Waals surface area contributed by atoms with E-state index in [0.29, 0.717) is 19.5 Å². The van der Waals surface area contributed by atoms with Crippen LogP contribution in [0.3, 0.4) is 0 Å². The van der Waals surface area contributed by atoms with E-state index in [1.165, 1.54) is 12.1 Å². The van der Waals surface area contributed by atoms with Crippen LogP contribution in [0.2, 0.25) is 0 Å². The average molecular weight is 333 g/mol. The van der Waals surface area contributed by atoms with Crippen LogP contribution in [-0.4, -0.2) is 35.7 Å². The molecular weight excluding hydrogens is 313 g/mol. The van der Waals surface area contributed by atoms with Gasteiger partial charge in [-0.1, -0.05) is 0 Å². The van der Waals surface area contributed by atoms with Crippen LogP contribution in [0.1, 0.15) is 36.0 Å². The van der Waals surface area contributed by atoms with Crippen molar-refractivity contribution in [3.8, 4) is 0 Å². The lowest BCUT2D eigenvalue weighted by Crippen LogP contribution is -2.44. The second kappa shape index (κ2) is 6.59. The smallest absolute Gasteiger partial charge is 0.248 e. The molecule has 24 heavy (non-hydrogen) atoms. The molecule has 1 saturated carbocycles. The van der Waals surface area contributed by atoms with Gasteiger partial charge in [-0.15, -0.1) is 0 Å². The molecule has 3 amide bonds. The maximum atomic E-state index is 13.8. The Bertz CT molecular complexity index is 688. The van der Waals surface area contributed by atoms with Crippen molar-refractivity contribution in [2.24, 2.45) is 17.6 Å². The fourth-order valence-electron chi connectivity index (χ4n) is 2.99. The first-order chi connectivity index (χ1) is 11.5. The maximum Gasteiger partial charge on any atom is 0.248 e. The monoisotopic (exact) mass is 333 g/mol. The third-order valence-electron chi connectivity index (χ3n) is 4.54. The minimum atomic E-state index is -0.690. The Hall–Kier alpha value is -2.44. The number of carbonyl (C=O) groups excluding carboxylic acids is 3. The molecule has 1 aliphatic heterocycles. The lowest BCUT2D eigenvalue weighted by Gasteiger charge is -2.32. The molecule has 0 bridgehead atoms. The number of rotatable bonds is 4. The standard InChI is InChI=1S/C17H20FN3O3/c18-13-6-5-11(15(19)22)8-14(13)20-16(23)12-2-1-7-21(9-12)17(24)10-3-4-10/h5-6,8,10,12H,1-4,7,9H2,(H2,19,22)(H,20,23)/t12-/m1/s1. The summed E-state index contributed by atoms with van der Waals surface area (Å²) >= 11 is 0. The van der Waals surface area contributed by atoms with Gasteiger partial charge in [0.1, 0.15) is 5.82 Å². The van der Waals surface area contributed by atoms with E-state index in [-0.39, 0.29) is 34.9 Å². The van der Waals surface area contributed by atoms with Crippen molar-refractivity contribution in [2.75, 3.05) is 18.4 Å². The van der Waals surface area contributed by atoms with Gasteiger partial charge in [0.15, 0.2) is 0 Å². The first-order valence-corrected chi connectivity index (χ1v) is 8.14. The molecule has 7 heteroatoms. The molecule has 1 aromatic carbocycles. The minimum absolute atomic E-state index is 0.0676. The summed E-state index contributed by atoms with van der Waals surface area (Å²) in [5.41, 5.74) is 5.23. The first-order valence-electron chi connectivity index (χ1n) is 8.14. The Balaban J connectivity index is 1.67. The van der Waals surface area contributed by atoms with Crippen LogP contribution in [0.25, 0.3) is 0 Å². The molecule has 6 nitrogen and oxygen atoms in total. The molecule has 1 heterocycles. The van der Waals surface area contributed by atoms with E-state index in [4.69, 9.17) is 5.73 Å². The minimum Gasteiger partial charge on any atom is -0.366 e. The predicted molar refractivity (Wildman–Crippen MR) is 85.6 cm³/mol. The second-order valence-electron chi connectivity index (χ2n) is 6.45. The van der Waals surface area contributed by atoms with Crippen LogP contribution in [0.15, 0.2) is 18.2 Å². The van der Waals surface area contributed by atoms with Crippen molar-refractivity contribution in [2.45, 2.75) is 25.7 Å². The molecule has 0 aromatic heterocycles. The fraction of sp³-hybridized carbons (Fsp3) is 0.471. The largest absolute Gasteiger partial charge is 0.366 e. The number of carbonyl (C=O) groups is 3. The molecule has 3 rings (SSSR count). The highest BCUT2D eigenvalue weighted by Gasteiger charge is 2.36. The summed E-state index contributed by atoms with van der Waals surface area (Å²) in [4.78, 5) is 37.5. The van der Waals surface area contributed by atoms with Gasteiger partial charge in [-0.3, -0.25) is 14.4 Å². The Morgan fingerprint density at radius 3 is 2.58 bits per heavy atom. The molecule has 128 valence electrons. The Kier molecular flexibility index (Phi) is 4.51. The normalized spacial score (nSPS) is 20.5. The zero-order chi connectivity index (χ0) is 17.3. The number of benzene rings is 1. The number of primary amides is 1. The number of piperidine rings is 1. The van der Waals surface area contributed by atoms with Crippen LogP contribution in [-0.2, 0) is 9.59 Å². The van der Waals surface area contributed by atoms with Crippen LogP contribution in [0.4, 0.5) is 10.1 Å². The van der Waals surface area contributed by atoms with E-state index in [1.54, 1.807) is 4.90 Å². The summed E-state index contributed by atoms with van der Waals surface area (Å²) in [6.45, 7) is 1.03. The number of nitrogens with two attached hydrogens (primary N) is 1. The van der Waals surface area contributed by atoms with Gasteiger partial charge in [0.05, 0.1) is 11.6 Å². The topological polar surface area (TPSA) is 92.5 Å². The quantitative estimate of drug-likeness (QED) is 0.875. The Morgan fingerprint density at radius 2 is 1.92 bits per heavy atom. The zero-order valence-electron chi connectivity index (χ0n) is 13.3.